The third kappa shape index (κ3) is 7.09. The molecule has 0 saturated carbocycles. The van der Waals surface area contributed by atoms with Crippen molar-refractivity contribution in [1.29, 1.82) is 0 Å². The summed E-state index contributed by atoms with van der Waals surface area (Å²) in [6, 6.07) is 24.3. The summed E-state index contributed by atoms with van der Waals surface area (Å²) in [5.74, 6) is 0.531. The minimum atomic E-state index is -2.49. The largest absolute Gasteiger partial charge is 1.00 e. The molecule has 0 fully saturated rings. The molecule has 0 N–H and O–H groups in total. The zero-order chi connectivity index (χ0) is 30.1. The molecule has 0 amide bonds. The summed E-state index contributed by atoms with van der Waals surface area (Å²) in [6.45, 7) is 28.8. The first-order chi connectivity index (χ1) is 19.0. The van der Waals surface area contributed by atoms with Crippen LogP contribution in [0.2, 0.25) is 19.6 Å². The topological polar surface area (TPSA) is 0 Å². The molecular formula is C39H50Cl2SiZr. The number of rotatable bonds is 4. The number of fused-ring (bicyclic) bond motifs is 3. The third-order valence-electron chi connectivity index (χ3n) is 9.26. The molecule has 0 nitrogen and oxygen atoms in total. The van der Waals surface area contributed by atoms with E-state index >= 15 is 0 Å². The Kier molecular flexibility index (Phi) is 10.8. The molecule has 0 aromatic heterocycles. The summed E-state index contributed by atoms with van der Waals surface area (Å²) < 4.78 is 5.10. The van der Waals surface area contributed by atoms with Crippen LogP contribution in [0.3, 0.4) is 0 Å². The van der Waals surface area contributed by atoms with Crippen molar-refractivity contribution in [1.82, 2.24) is 0 Å². The molecule has 228 valence electrons. The van der Waals surface area contributed by atoms with Gasteiger partial charge in [0.25, 0.3) is 0 Å². The van der Waals surface area contributed by atoms with E-state index < -0.39 is 29.3 Å². The molecule has 4 heteroatoms. The van der Waals surface area contributed by atoms with Crippen LogP contribution in [0, 0.1) is 12.8 Å². The normalized spacial score (nSPS) is 16.8. The monoisotopic (exact) mass is 706 g/mol. The molecule has 0 spiro atoms. The fourth-order valence-electron chi connectivity index (χ4n) is 6.91. The molecular weight excluding hydrogens is 659 g/mol. The molecule has 2 aliphatic rings. The maximum absolute atomic E-state index is 2.79. The van der Waals surface area contributed by atoms with Crippen molar-refractivity contribution in [3.8, 4) is 11.1 Å². The molecule has 0 bridgehead atoms. The van der Waals surface area contributed by atoms with Gasteiger partial charge in [-0.3, -0.25) is 0 Å². The van der Waals surface area contributed by atoms with E-state index in [0.29, 0.717) is 9.54 Å². The average Bonchev–Trinajstić information content (AvgIpc) is 3.35. The van der Waals surface area contributed by atoms with Gasteiger partial charge >= 0.3 is 261 Å². The van der Waals surface area contributed by atoms with Gasteiger partial charge in [0.05, 0.1) is 0 Å². The van der Waals surface area contributed by atoms with Crippen LogP contribution in [0.4, 0.5) is 0 Å². The molecule has 43 heavy (non-hydrogen) atoms. The number of hydrogen-bond donors (Lipinski definition) is 0. The molecule has 3 aromatic rings. The van der Waals surface area contributed by atoms with Gasteiger partial charge in [-0.1, -0.05) is 0 Å². The third-order valence-corrected chi connectivity index (χ3v) is 19.6. The summed E-state index contributed by atoms with van der Waals surface area (Å²) >= 11 is -2.49. The standard InChI is InChI=1S/C21H25.C10H17Si.C8H8.2ClH.Zr/c1-20(2,3)16-9-7-14-11-15-8-10-17(21(4,5)6)13-19(15)18(14)12-16;1-8-6-9(2)10(7-8)11(3,4)5;1-7-3-5-8(2)6-4-7;;;/h7-13H,1-6H3;7-8H,1-5H3;1,3-6H,2H3;2*1H;/q;;;;;+2/p-2. The summed E-state index contributed by atoms with van der Waals surface area (Å²) in [5.41, 5.74) is 13.6. The summed E-state index contributed by atoms with van der Waals surface area (Å²) in [5, 5.41) is 1.69. The molecule has 0 radical (unpaired) electrons. The SMILES string of the molecule is CC1=[C](/[Zr+2](=[CH]/c2ccc(C)cc2)[CH]2c3ccc(C(C)(C)C)cc3-c3cc(C(C)(C)C)ccc32)C(C)C=C1[Si](C)(C)C.[Cl-].[Cl-]. The predicted molar refractivity (Wildman–Crippen MR) is 181 cm³/mol. The van der Waals surface area contributed by atoms with Gasteiger partial charge < -0.3 is 24.8 Å². The van der Waals surface area contributed by atoms with E-state index in [1.807, 2.05) is 3.28 Å². The van der Waals surface area contributed by atoms with Gasteiger partial charge in [-0.05, 0) is 0 Å². The van der Waals surface area contributed by atoms with Crippen molar-refractivity contribution in [2.24, 2.45) is 5.92 Å². The van der Waals surface area contributed by atoms with Gasteiger partial charge in [0.2, 0.25) is 0 Å². The Bertz CT molecular complexity index is 1540. The first-order valence-electron chi connectivity index (χ1n) is 15.5. The van der Waals surface area contributed by atoms with Crippen molar-refractivity contribution in [2.75, 3.05) is 0 Å². The fraction of sp³-hybridized carbons (Fsp3) is 0.410. The number of hydrogen-bond acceptors (Lipinski definition) is 0. The van der Waals surface area contributed by atoms with Crippen molar-refractivity contribution in [3.05, 3.63) is 114 Å². The van der Waals surface area contributed by atoms with E-state index in [0.717, 1.165) is 0 Å². The molecule has 5 rings (SSSR count). The Morgan fingerprint density at radius 3 is 1.56 bits per heavy atom. The molecule has 3 aromatic carbocycles. The van der Waals surface area contributed by atoms with Crippen molar-refractivity contribution in [3.63, 3.8) is 0 Å². The summed E-state index contributed by atoms with van der Waals surface area (Å²) in [6.07, 6.45) is 2.66. The maximum Gasteiger partial charge on any atom is -1.00 e. The maximum atomic E-state index is 2.79. The van der Waals surface area contributed by atoms with E-state index in [2.05, 4.69) is 152 Å². The van der Waals surface area contributed by atoms with Crippen LogP contribution in [0.5, 0.6) is 0 Å². The Hall–Kier alpha value is -1.31. The van der Waals surface area contributed by atoms with Gasteiger partial charge in [0.1, 0.15) is 0 Å². The molecule has 2 aliphatic carbocycles. The van der Waals surface area contributed by atoms with Crippen LogP contribution in [0.1, 0.15) is 92.4 Å². The van der Waals surface area contributed by atoms with E-state index in [-0.39, 0.29) is 35.6 Å². The van der Waals surface area contributed by atoms with Crippen LogP contribution in [0.15, 0.2) is 80.8 Å². The number of benzene rings is 3. The Balaban J connectivity index is 0.00000253. The first kappa shape index (κ1) is 36.2. The van der Waals surface area contributed by atoms with E-state index in [4.69, 9.17) is 0 Å². The molecule has 1 unspecified atom stereocenters. The zero-order valence-corrected chi connectivity index (χ0v) is 33.3. The van der Waals surface area contributed by atoms with E-state index in [1.54, 1.807) is 21.9 Å². The van der Waals surface area contributed by atoms with Crippen LogP contribution >= 0.6 is 0 Å². The van der Waals surface area contributed by atoms with Crippen molar-refractivity contribution >= 4 is 11.8 Å². The van der Waals surface area contributed by atoms with Crippen LogP contribution in [-0.4, -0.2) is 11.8 Å². The minimum Gasteiger partial charge on any atom is -1.00 e. The number of halogens is 2. The van der Waals surface area contributed by atoms with Gasteiger partial charge in [0.15, 0.2) is 0 Å². The van der Waals surface area contributed by atoms with Crippen molar-refractivity contribution < 1.29 is 46.1 Å². The van der Waals surface area contributed by atoms with Gasteiger partial charge in [-0.25, -0.2) is 0 Å². The van der Waals surface area contributed by atoms with Crippen LogP contribution < -0.4 is 24.8 Å². The van der Waals surface area contributed by atoms with Crippen molar-refractivity contribution in [2.45, 2.75) is 96.4 Å². The second-order valence-corrected chi connectivity index (χ2v) is 26.4. The van der Waals surface area contributed by atoms with E-state index in [9.17, 15) is 0 Å². The molecule has 0 aliphatic heterocycles. The molecule has 1 atom stereocenters. The average molecular weight is 709 g/mol. The smallest absolute Gasteiger partial charge is 1.00 e. The Labute approximate surface area is 283 Å². The predicted octanol–water partition coefficient (Wildman–Crippen LogP) is 4.86. The number of allylic oxidation sites excluding steroid dienone is 4. The number of aryl methyl sites for hydroxylation is 1. The molecule has 0 saturated heterocycles. The van der Waals surface area contributed by atoms with Crippen LogP contribution in [-0.2, 0) is 32.1 Å². The summed E-state index contributed by atoms with van der Waals surface area (Å²) in [7, 11) is -1.44. The Morgan fingerprint density at radius 1 is 0.698 bits per heavy atom. The van der Waals surface area contributed by atoms with Crippen LogP contribution in [0.25, 0.3) is 11.1 Å². The van der Waals surface area contributed by atoms with Gasteiger partial charge in [0, 0.05) is 0 Å². The molecule has 0 heterocycles. The van der Waals surface area contributed by atoms with Gasteiger partial charge in [-0.2, -0.15) is 0 Å². The summed E-state index contributed by atoms with van der Waals surface area (Å²) in [4.78, 5) is 0. The second kappa shape index (κ2) is 12.8. The van der Waals surface area contributed by atoms with E-state index in [1.165, 1.54) is 33.4 Å². The Morgan fingerprint density at radius 2 is 1.16 bits per heavy atom. The first-order valence-corrected chi connectivity index (χ1v) is 23.0. The minimum absolute atomic E-state index is 0. The second-order valence-electron chi connectivity index (χ2n) is 15.7. The fourth-order valence-corrected chi connectivity index (χ4v) is 17.9. The van der Waals surface area contributed by atoms with Gasteiger partial charge in [-0.15, -0.1) is 0 Å². The zero-order valence-electron chi connectivity index (χ0n) is 28.3. The quantitative estimate of drug-likeness (QED) is 0.340.